The number of ether oxygens (including phenoxy) is 1. The number of rotatable bonds is 3. The molecule has 4 rings (SSSR count). The lowest BCUT2D eigenvalue weighted by Crippen LogP contribution is -2.37. The molecule has 1 atom stereocenters. The molecule has 0 amide bonds. The van der Waals surface area contributed by atoms with Crippen molar-refractivity contribution in [3.8, 4) is 11.3 Å². The molecule has 2 aromatic heterocycles. The number of aryl methyl sites for hydroxylation is 1. The zero-order chi connectivity index (χ0) is 20.2. The van der Waals surface area contributed by atoms with E-state index in [1.165, 1.54) is 11.6 Å². The van der Waals surface area contributed by atoms with Gasteiger partial charge in [-0.2, -0.15) is 0 Å². The molecule has 0 spiro atoms. The Kier molecular flexibility index (Phi) is 4.71. The van der Waals surface area contributed by atoms with Gasteiger partial charge in [-0.1, -0.05) is 37.6 Å². The van der Waals surface area contributed by atoms with Crippen LogP contribution in [0.25, 0.3) is 22.2 Å². The van der Waals surface area contributed by atoms with E-state index in [1.54, 1.807) is 11.6 Å². The Morgan fingerprint density at radius 1 is 1.14 bits per heavy atom. The maximum Gasteiger partial charge on any atom is 0.331 e. The van der Waals surface area contributed by atoms with Gasteiger partial charge in [0.05, 0.1) is 35.0 Å². The molecule has 7 heteroatoms. The smallest absolute Gasteiger partial charge is 0.331 e. The maximum atomic E-state index is 13.2. The second-order valence-corrected chi connectivity index (χ2v) is 8.25. The molecule has 0 unspecified atom stereocenters. The molecular weight excluding hydrogens is 378 g/mol. The van der Waals surface area contributed by atoms with E-state index >= 15 is 0 Å². The molecule has 3 aromatic rings. The number of fused-ring (bicyclic) bond motifs is 3. The van der Waals surface area contributed by atoms with Crippen LogP contribution < -0.4 is 11.2 Å². The van der Waals surface area contributed by atoms with Crippen molar-refractivity contribution in [1.29, 1.82) is 0 Å². The number of nitrogens with zero attached hydrogens (tertiary/aromatic N) is 3. The van der Waals surface area contributed by atoms with Gasteiger partial charge in [0.15, 0.2) is 0 Å². The van der Waals surface area contributed by atoms with Gasteiger partial charge >= 0.3 is 5.69 Å². The average Bonchev–Trinajstić information content (AvgIpc) is 3.01. The fraction of sp³-hybridized carbons (Fsp3) is 0.429. The van der Waals surface area contributed by atoms with Crippen LogP contribution in [0.1, 0.15) is 32.1 Å². The van der Waals surface area contributed by atoms with Crippen LogP contribution in [0.2, 0.25) is 5.02 Å². The summed E-state index contributed by atoms with van der Waals surface area (Å²) in [5, 5.41) is 1.20. The van der Waals surface area contributed by atoms with Gasteiger partial charge in [0.1, 0.15) is 0 Å². The van der Waals surface area contributed by atoms with Gasteiger partial charge in [-0.05, 0) is 30.0 Å². The fourth-order valence-electron chi connectivity index (χ4n) is 4.18. The monoisotopic (exact) mass is 401 g/mol. The number of halogens is 1. The highest BCUT2D eigenvalue weighted by molar-refractivity contribution is 6.30. The lowest BCUT2D eigenvalue weighted by Gasteiger charge is -2.28. The van der Waals surface area contributed by atoms with Crippen LogP contribution in [-0.4, -0.2) is 20.3 Å². The number of hydrogen-bond acceptors (Lipinski definition) is 3. The SMILES string of the molecule is CC(C)C[C@H]1OCCn2c(-c3ccc(Cl)cc3)c3c(=O)n(C)c(=O)n(C)c3c21. The average molecular weight is 402 g/mol. The van der Waals surface area contributed by atoms with Gasteiger partial charge < -0.3 is 9.30 Å². The summed E-state index contributed by atoms with van der Waals surface area (Å²) in [4.78, 5) is 25.8. The van der Waals surface area contributed by atoms with E-state index in [0.29, 0.717) is 35.0 Å². The highest BCUT2D eigenvalue weighted by Crippen LogP contribution is 2.40. The minimum absolute atomic E-state index is 0.157. The van der Waals surface area contributed by atoms with Crippen LogP contribution in [0.3, 0.4) is 0 Å². The number of benzene rings is 1. The van der Waals surface area contributed by atoms with Crippen molar-refractivity contribution in [2.24, 2.45) is 20.0 Å². The Bertz CT molecular complexity index is 1170. The summed E-state index contributed by atoms with van der Waals surface area (Å²) in [5.41, 5.74) is 2.70. The summed E-state index contributed by atoms with van der Waals surface area (Å²) in [6.07, 6.45) is 0.665. The summed E-state index contributed by atoms with van der Waals surface area (Å²) in [6.45, 7) is 5.49. The molecular formula is C21H24ClN3O3. The maximum absolute atomic E-state index is 13.2. The van der Waals surface area contributed by atoms with Gasteiger partial charge in [-0.3, -0.25) is 13.9 Å². The third-order valence-corrected chi connectivity index (χ3v) is 5.70. The number of aromatic nitrogens is 3. The molecule has 0 saturated carbocycles. The third kappa shape index (κ3) is 2.83. The lowest BCUT2D eigenvalue weighted by molar-refractivity contribution is 0.00924. The van der Waals surface area contributed by atoms with Gasteiger partial charge in [0, 0.05) is 25.7 Å². The fourth-order valence-corrected chi connectivity index (χ4v) is 4.31. The van der Waals surface area contributed by atoms with E-state index in [0.717, 1.165) is 23.4 Å². The zero-order valence-corrected chi connectivity index (χ0v) is 17.3. The minimum Gasteiger partial charge on any atom is -0.370 e. The van der Waals surface area contributed by atoms with E-state index in [4.69, 9.17) is 16.3 Å². The van der Waals surface area contributed by atoms with Crippen LogP contribution in [-0.2, 0) is 25.4 Å². The Labute approximate surface area is 167 Å². The lowest BCUT2D eigenvalue weighted by atomic mass is 10.0. The quantitative estimate of drug-likeness (QED) is 0.675. The second kappa shape index (κ2) is 6.94. The van der Waals surface area contributed by atoms with Gasteiger partial charge in [-0.25, -0.2) is 4.79 Å². The van der Waals surface area contributed by atoms with Crippen molar-refractivity contribution >= 4 is 22.5 Å². The molecule has 0 radical (unpaired) electrons. The van der Waals surface area contributed by atoms with Crippen molar-refractivity contribution in [2.45, 2.75) is 32.9 Å². The molecule has 0 fully saturated rings. The third-order valence-electron chi connectivity index (χ3n) is 5.45. The first-order valence-corrected chi connectivity index (χ1v) is 9.88. The largest absolute Gasteiger partial charge is 0.370 e. The Hall–Kier alpha value is -2.31. The molecule has 1 aromatic carbocycles. The van der Waals surface area contributed by atoms with Crippen LogP contribution in [0, 0.1) is 5.92 Å². The topological polar surface area (TPSA) is 58.2 Å². The van der Waals surface area contributed by atoms with E-state index in [2.05, 4.69) is 18.4 Å². The first-order chi connectivity index (χ1) is 13.3. The van der Waals surface area contributed by atoms with Crippen molar-refractivity contribution in [3.63, 3.8) is 0 Å². The summed E-state index contributed by atoms with van der Waals surface area (Å²) in [7, 11) is 3.24. The molecule has 1 aliphatic heterocycles. The van der Waals surface area contributed by atoms with Gasteiger partial charge in [0.25, 0.3) is 5.56 Å². The van der Waals surface area contributed by atoms with Crippen LogP contribution >= 0.6 is 11.6 Å². The van der Waals surface area contributed by atoms with Crippen LogP contribution in [0.4, 0.5) is 0 Å². The standard InChI is InChI=1S/C21H24ClN3O3/c1-12(2)11-15-18-19-16(20(26)24(4)21(27)23(19)3)17(25(18)9-10-28-15)13-5-7-14(22)8-6-13/h5-8,12,15H,9-11H2,1-4H3/t15-/m1/s1. The van der Waals surface area contributed by atoms with E-state index in [1.807, 2.05) is 24.3 Å². The molecule has 28 heavy (non-hydrogen) atoms. The molecule has 1 aliphatic rings. The molecule has 0 saturated heterocycles. The van der Waals surface area contributed by atoms with Crippen molar-refractivity contribution in [3.05, 3.63) is 55.8 Å². The Morgan fingerprint density at radius 3 is 2.46 bits per heavy atom. The first kappa shape index (κ1) is 19.0. The van der Waals surface area contributed by atoms with Crippen LogP contribution in [0.15, 0.2) is 33.9 Å². The first-order valence-electron chi connectivity index (χ1n) is 9.51. The summed E-state index contributed by atoms with van der Waals surface area (Å²) < 4.78 is 11.0. The van der Waals surface area contributed by atoms with Gasteiger partial charge in [0.2, 0.25) is 0 Å². The van der Waals surface area contributed by atoms with Crippen molar-refractivity contribution in [2.75, 3.05) is 6.61 Å². The molecule has 3 heterocycles. The summed E-state index contributed by atoms with van der Waals surface area (Å²) in [6, 6.07) is 7.48. The highest BCUT2D eigenvalue weighted by atomic mass is 35.5. The molecule has 0 N–H and O–H groups in total. The minimum atomic E-state index is -0.331. The Balaban J connectivity index is 2.17. The van der Waals surface area contributed by atoms with E-state index < -0.39 is 0 Å². The zero-order valence-electron chi connectivity index (χ0n) is 16.5. The predicted molar refractivity (Wildman–Crippen MR) is 111 cm³/mol. The van der Waals surface area contributed by atoms with E-state index in [9.17, 15) is 9.59 Å². The predicted octanol–water partition coefficient (Wildman–Crippen LogP) is 3.48. The molecule has 148 valence electrons. The summed E-state index contributed by atoms with van der Waals surface area (Å²) in [5.74, 6) is 0.420. The van der Waals surface area contributed by atoms with E-state index in [-0.39, 0.29) is 17.4 Å². The Morgan fingerprint density at radius 2 is 1.82 bits per heavy atom. The van der Waals surface area contributed by atoms with Gasteiger partial charge in [-0.15, -0.1) is 0 Å². The van der Waals surface area contributed by atoms with Crippen molar-refractivity contribution < 1.29 is 4.74 Å². The molecule has 0 bridgehead atoms. The second-order valence-electron chi connectivity index (χ2n) is 7.81. The summed E-state index contributed by atoms with van der Waals surface area (Å²) >= 11 is 6.08. The van der Waals surface area contributed by atoms with Crippen LogP contribution in [0.5, 0.6) is 0 Å². The van der Waals surface area contributed by atoms with Crippen molar-refractivity contribution in [1.82, 2.24) is 13.7 Å². The molecule has 0 aliphatic carbocycles. The highest BCUT2D eigenvalue weighted by Gasteiger charge is 2.32. The number of hydrogen-bond donors (Lipinski definition) is 0. The normalized spacial score (nSPS) is 16.7. The molecule has 6 nitrogen and oxygen atoms in total.